The van der Waals surface area contributed by atoms with Crippen LogP contribution in [0, 0.1) is 13.1 Å². The van der Waals surface area contributed by atoms with E-state index in [1.165, 1.54) is 18.3 Å². The fourth-order valence-corrected chi connectivity index (χ4v) is 3.28. The van der Waals surface area contributed by atoms with E-state index in [9.17, 15) is 9.90 Å². The van der Waals surface area contributed by atoms with E-state index in [-0.39, 0.29) is 12.3 Å². The second-order valence-electron chi connectivity index (χ2n) is 5.62. The van der Waals surface area contributed by atoms with Gasteiger partial charge in [-0.2, -0.15) is 0 Å². The highest BCUT2D eigenvalue weighted by Gasteiger charge is 2.20. The monoisotopic (exact) mass is 536 g/mol. The molecule has 0 saturated heterocycles. The number of rotatable bonds is 7. The molecule has 0 aliphatic carbocycles. The number of aliphatic carboxylic acids is 1. The van der Waals surface area contributed by atoms with Crippen molar-refractivity contribution in [1.82, 2.24) is 0 Å². The number of carboxylic acids is 1. The molecule has 2 rings (SSSR count). The number of benzene rings is 2. The van der Waals surface area contributed by atoms with Crippen molar-refractivity contribution in [2.24, 2.45) is 5.92 Å². The molecule has 0 spiro atoms. The number of hydrogen-bond acceptors (Lipinski definition) is 2. The summed E-state index contributed by atoms with van der Waals surface area (Å²) >= 11 is 4.52. The lowest BCUT2D eigenvalue weighted by Gasteiger charge is -2.19. The van der Waals surface area contributed by atoms with Crippen LogP contribution in [0.2, 0.25) is 0 Å². The third-order valence-electron chi connectivity index (χ3n) is 3.72. The van der Waals surface area contributed by atoms with Gasteiger partial charge in [-0.3, -0.25) is 0 Å². The zero-order chi connectivity index (χ0) is 16.8. The van der Waals surface area contributed by atoms with Gasteiger partial charge in [0.1, 0.15) is 0 Å². The molecule has 3 nitrogen and oxygen atoms in total. The first-order chi connectivity index (χ1) is 10.9. The van der Waals surface area contributed by atoms with E-state index in [1.54, 1.807) is 0 Å². The molecule has 0 saturated carbocycles. The number of aliphatic hydroxyl groups excluding tert-OH is 1. The summed E-state index contributed by atoms with van der Waals surface area (Å²) in [6.45, 7) is 0. The van der Waals surface area contributed by atoms with E-state index in [0.717, 1.165) is 12.8 Å². The maximum absolute atomic E-state index is 11.0. The van der Waals surface area contributed by atoms with Crippen LogP contribution in [0.15, 0.2) is 48.5 Å². The van der Waals surface area contributed by atoms with E-state index in [2.05, 4.69) is 69.4 Å². The molecule has 5 heteroatoms. The minimum absolute atomic E-state index is 0.0845. The zero-order valence-corrected chi connectivity index (χ0v) is 16.8. The molecule has 0 fully saturated rings. The van der Waals surface area contributed by atoms with Crippen LogP contribution in [0.5, 0.6) is 0 Å². The van der Waals surface area contributed by atoms with Crippen LogP contribution in [0.3, 0.4) is 0 Å². The van der Waals surface area contributed by atoms with Gasteiger partial charge in [0, 0.05) is 7.14 Å². The number of halogens is 2. The Labute approximate surface area is 163 Å². The molecular formula is C18H18I2O3. The van der Waals surface area contributed by atoms with Crippen molar-refractivity contribution in [2.45, 2.75) is 25.4 Å². The molecule has 0 aliphatic heterocycles. The molecule has 122 valence electrons. The Kier molecular flexibility index (Phi) is 7.29. The van der Waals surface area contributed by atoms with E-state index < -0.39 is 12.1 Å². The summed E-state index contributed by atoms with van der Waals surface area (Å²) in [4.78, 5) is 11.0. The quantitative estimate of drug-likeness (QED) is 0.524. The normalized spacial score (nSPS) is 12.3. The van der Waals surface area contributed by atoms with Crippen LogP contribution in [-0.2, 0) is 17.6 Å². The standard InChI is InChI=1S/C18H18I2O3/c19-15-5-1-12(2-6-15)9-14(11-17(21)18(22)23)10-13-3-7-16(20)8-4-13/h1-8,14,17,21H,9-11H2,(H,22,23). The van der Waals surface area contributed by atoms with Gasteiger partial charge in [0.25, 0.3) is 0 Å². The van der Waals surface area contributed by atoms with Crippen molar-refractivity contribution in [3.05, 3.63) is 66.8 Å². The molecule has 0 aliphatic rings. The van der Waals surface area contributed by atoms with Gasteiger partial charge in [-0.15, -0.1) is 0 Å². The Hall–Kier alpha value is -0.670. The minimum Gasteiger partial charge on any atom is -0.479 e. The first kappa shape index (κ1) is 18.7. The molecule has 1 atom stereocenters. The SMILES string of the molecule is O=C(O)C(O)CC(Cc1ccc(I)cc1)Cc1ccc(I)cc1. The van der Waals surface area contributed by atoms with Crippen LogP contribution in [-0.4, -0.2) is 22.3 Å². The van der Waals surface area contributed by atoms with Gasteiger partial charge in [0.05, 0.1) is 0 Å². The first-order valence-electron chi connectivity index (χ1n) is 7.34. The second-order valence-corrected chi connectivity index (χ2v) is 8.11. The first-order valence-corrected chi connectivity index (χ1v) is 9.49. The highest BCUT2D eigenvalue weighted by Crippen LogP contribution is 2.21. The molecule has 0 amide bonds. The molecule has 0 aromatic heterocycles. The lowest BCUT2D eigenvalue weighted by molar-refractivity contribution is -0.147. The largest absolute Gasteiger partial charge is 0.479 e. The second kappa shape index (κ2) is 8.98. The van der Waals surface area contributed by atoms with Gasteiger partial charge in [-0.25, -0.2) is 4.79 Å². The Morgan fingerprint density at radius 3 is 1.61 bits per heavy atom. The maximum Gasteiger partial charge on any atom is 0.332 e. The summed E-state index contributed by atoms with van der Waals surface area (Å²) in [5.74, 6) is -1.07. The van der Waals surface area contributed by atoms with E-state index in [4.69, 9.17) is 5.11 Å². The summed E-state index contributed by atoms with van der Waals surface area (Å²) < 4.78 is 2.34. The van der Waals surface area contributed by atoms with Gasteiger partial charge < -0.3 is 10.2 Å². The fraction of sp³-hybridized carbons (Fsp3) is 0.278. The summed E-state index contributed by atoms with van der Waals surface area (Å²) in [5, 5.41) is 18.7. The molecule has 2 N–H and O–H groups in total. The fourth-order valence-electron chi connectivity index (χ4n) is 2.56. The van der Waals surface area contributed by atoms with Crippen LogP contribution < -0.4 is 0 Å². The summed E-state index contributed by atoms with van der Waals surface area (Å²) in [6, 6.07) is 16.4. The summed E-state index contributed by atoms with van der Waals surface area (Å²) in [5.41, 5.74) is 2.33. The molecule has 2 aromatic carbocycles. The van der Waals surface area contributed by atoms with E-state index in [0.29, 0.717) is 0 Å². The zero-order valence-electron chi connectivity index (χ0n) is 12.5. The predicted molar refractivity (Wildman–Crippen MR) is 107 cm³/mol. The average molecular weight is 536 g/mol. The predicted octanol–water partition coefficient (Wildman–Crippen LogP) is 4.13. The van der Waals surface area contributed by atoms with Crippen LogP contribution in [0.1, 0.15) is 17.5 Å². The average Bonchev–Trinajstić information content (AvgIpc) is 2.51. The smallest absolute Gasteiger partial charge is 0.332 e. The van der Waals surface area contributed by atoms with Crippen molar-refractivity contribution >= 4 is 51.2 Å². The topological polar surface area (TPSA) is 57.5 Å². The van der Waals surface area contributed by atoms with Crippen LogP contribution in [0.4, 0.5) is 0 Å². The number of carboxylic acid groups (broad SMARTS) is 1. The maximum atomic E-state index is 11.0. The molecular weight excluding hydrogens is 518 g/mol. The van der Waals surface area contributed by atoms with E-state index in [1.807, 2.05) is 24.3 Å². The molecule has 0 radical (unpaired) electrons. The third kappa shape index (κ3) is 6.39. The third-order valence-corrected chi connectivity index (χ3v) is 5.16. The lowest BCUT2D eigenvalue weighted by atomic mass is 9.88. The minimum atomic E-state index is -1.31. The Morgan fingerprint density at radius 1 is 0.870 bits per heavy atom. The highest BCUT2D eigenvalue weighted by molar-refractivity contribution is 14.1. The van der Waals surface area contributed by atoms with Gasteiger partial charge in [0.2, 0.25) is 0 Å². The summed E-state index contributed by atoms with van der Waals surface area (Å²) in [6.07, 6.45) is 0.459. The molecule has 2 aromatic rings. The van der Waals surface area contributed by atoms with Crippen molar-refractivity contribution < 1.29 is 15.0 Å². The summed E-state index contributed by atoms with van der Waals surface area (Å²) in [7, 11) is 0. The molecule has 23 heavy (non-hydrogen) atoms. The van der Waals surface area contributed by atoms with Crippen molar-refractivity contribution in [1.29, 1.82) is 0 Å². The van der Waals surface area contributed by atoms with Crippen molar-refractivity contribution in [2.75, 3.05) is 0 Å². The Morgan fingerprint density at radius 2 is 1.26 bits per heavy atom. The Balaban J connectivity index is 2.11. The number of carbonyl (C=O) groups is 1. The highest BCUT2D eigenvalue weighted by atomic mass is 127. The molecule has 1 unspecified atom stereocenters. The van der Waals surface area contributed by atoms with Crippen LogP contribution >= 0.6 is 45.2 Å². The Bertz CT molecular complexity index is 591. The molecule has 0 bridgehead atoms. The van der Waals surface area contributed by atoms with Gasteiger partial charge in [-0.05, 0) is 106 Å². The van der Waals surface area contributed by atoms with Crippen molar-refractivity contribution in [3.63, 3.8) is 0 Å². The lowest BCUT2D eigenvalue weighted by Crippen LogP contribution is -2.25. The molecule has 0 heterocycles. The van der Waals surface area contributed by atoms with Gasteiger partial charge >= 0.3 is 5.97 Å². The number of aliphatic hydroxyl groups is 1. The van der Waals surface area contributed by atoms with Gasteiger partial charge in [-0.1, -0.05) is 24.3 Å². The van der Waals surface area contributed by atoms with Gasteiger partial charge in [0.15, 0.2) is 6.10 Å². The van der Waals surface area contributed by atoms with E-state index >= 15 is 0 Å². The van der Waals surface area contributed by atoms with Crippen LogP contribution in [0.25, 0.3) is 0 Å². The number of hydrogen-bond donors (Lipinski definition) is 2. The van der Waals surface area contributed by atoms with Crippen molar-refractivity contribution in [3.8, 4) is 0 Å².